The predicted octanol–water partition coefficient (Wildman–Crippen LogP) is -0.211. The first-order valence-electron chi connectivity index (χ1n) is 5.05. The molecular weight excluding hydrogens is 228 g/mol. The summed E-state index contributed by atoms with van der Waals surface area (Å²) < 4.78 is 0. The van der Waals surface area contributed by atoms with E-state index in [0.29, 0.717) is 12.8 Å². The van der Waals surface area contributed by atoms with Gasteiger partial charge in [-0.2, -0.15) is 10.4 Å². The van der Waals surface area contributed by atoms with Crippen molar-refractivity contribution < 1.29 is 15.1 Å². The van der Waals surface area contributed by atoms with Crippen LogP contribution in [0.3, 0.4) is 0 Å². The van der Waals surface area contributed by atoms with Crippen LogP contribution < -0.4 is 0 Å². The Morgan fingerprint density at radius 2 is 2.24 bits per heavy atom. The van der Waals surface area contributed by atoms with Gasteiger partial charge in [-0.05, 0) is 12.8 Å². The highest BCUT2D eigenvalue weighted by atomic mass is 16.6. The van der Waals surface area contributed by atoms with Gasteiger partial charge in [0.1, 0.15) is 11.8 Å². The van der Waals surface area contributed by atoms with Crippen molar-refractivity contribution in [1.29, 1.82) is 5.26 Å². The molecule has 0 amide bonds. The molecule has 0 radical (unpaired) electrons. The number of aromatic nitrogens is 2. The van der Waals surface area contributed by atoms with E-state index in [4.69, 9.17) is 5.26 Å². The second kappa shape index (κ2) is 4.12. The zero-order chi connectivity index (χ0) is 12.6. The van der Waals surface area contributed by atoms with E-state index in [1.54, 1.807) is 6.07 Å². The molecular formula is C9H10N4O4. The average Bonchev–Trinajstić information content (AvgIpc) is 2.84. The fourth-order valence-corrected chi connectivity index (χ4v) is 2.15. The first kappa shape index (κ1) is 11.5. The van der Waals surface area contributed by atoms with Crippen LogP contribution in [0.1, 0.15) is 30.1 Å². The first-order valence-corrected chi connectivity index (χ1v) is 5.05. The highest BCUT2D eigenvalue weighted by molar-refractivity contribution is 5.49. The maximum absolute atomic E-state index is 10.9. The number of hydrogen-bond donors (Lipinski definition) is 3. The summed E-state index contributed by atoms with van der Waals surface area (Å²) in [6.07, 6.45) is -1.19. The van der Waals surface area contributed by atoms with Gasteiger partial charge in [0, 0.05) is 5.92 Å². The second-order valence-electron chi connectivity index (χ2n) is 3.95. The summed E-state index contributed by atoms with van der Waals surface area (Å²) in [5, 5.41) is 44.6. The maximum atomic E-state index is 10.9. The number of rotatable bonds is 2. The number of H-pyrrole nitrogens is 1. The third-order valence-corrected chi connectivity index (χ3v) is 3.01. The predicted molar refractivity (Wildman–Crippen MR) is 53.9 cm³/mol. The highest BCUT2D eigenvalue weighted by Gasteiger charge is 2.40. The number of hydrogen-bond acceptors (Lipinski definition) is 6. The molecule has 1 aliphatic carbocycles. The van der Waals surface area contributed by atoms with Gasteiger partial charge in [0.25, 0.3) is 0 Å². The van der Waals surface area contributed by atoms with Crippen LogP contribution in [-0.4, -0.2) is 37.5 Å². The van der Waals surface area contributed by atoms with Crippen LogP contribution in [-0.2, 0) is 0 Å². The Labute approximate surface area is 95.6 Å². The minimum absolute atomic E-state index is 0.107. The molecule has 0 unspecified atom stereocenters. The van der Waals surface area contributed by atoms with E-state index in [2.05, 4.69) is 10.2 Å². The van der Waals surface area contributed by atoms with Crippen LogP contribution in [0.4, 0.5) is 5.69 Å². The molecule has 8 nitrogen and oxygen atoms in total. The first-order chi connectivity index (χ1) is 8.06. The number of nitro groups is 1. The molecule has 90 valence electrons. The number of nitriles is 1. The summed E-state index contributed by atoms with van der Waals surface area (Å²) >= 11 is 0. The van der Waals surface area contributed by atoms with E-state index in [9.17, 15) is 20.3 Å². The second-order valence-corrected chi connectivity index (χ2v) is 3.95. The van der Waals surface area contributed by atoms with E-state index < -0.39 is 28.7 Å². The maximum Gasteiger partial charge on any atom is 0.328 e. The zero-order valence-electron chi connectivity index (χ0n) is 8.70. The Bertz CT molecular complexity index is 492. The van der Waals surface area contributed by atoms with Crippen LogP contribution in [0.5, 0.6) is 0 Å². The molecule has 1 saturated carbocycles. The van der Waals surface area contributed by atoms with Crippen LogP contribution in [0, 0.1) is 21.4 Å². The van der Waals surface area contributed by atoms with Crippen molar-refractivity contribution in [3.63, 3.8) is 0 Å². The zero-order valence-corrected chi connectivity index (χ0v) is 8.70. The summed E-state index contributed by atoms with van der Waals surface area (Å²) in [4.78, 5) is 10.2. The van der Waals surface area contributed by atoms with Gasteiger partial charge in [0.15, 0.2) is 0 Å². The SMILES string of the molecule is N#Cc1n[nH]c([C@@H]2CC[C@@H](O)[C@H]2O)c1[N+](=O)[O-]. The summed E-state index contributed by atoms with van der Waals surface area (Å²) in [7, 11) is 0. The molecule has 0 saturated heterocycles. The normalized spacial score (nSPS) is 27.9. The molecule has 3 atom stereocenters. The van der Waals surface area contributed by atoms with Gasteiger partial charge in [0.2, 0.25) is 5.69 Å². The molecule has 1 aromatic rings. The van der Waals surface area contributed by atoms with Gasteiger partial charge in [-0.1, -0.05) is 0 Å². The third-order valence-electron chi connectivity index (χ3n) is 3.01. The molecule has 0 aliphatic heterocycles. The van der Waals surface area contributed by atoms with E-state index in [1.165, 1.54) is 0 Å². The van der Waals surface area contributed by atoms with E-state index >= 15 is 0 Å². The van der Waals surface area contributed by atoms with Crippen LogP contribution in [0.2, 0.25) is 0 Å². The number of aromatic amines is 1. The van der Waals surface area contributed by atoms with E-state index in [0.717, 1.165) is 0 Å². The van der Waals surface area contributed by atoms with E-state index in [1.807, 2.05) is 0 Å². The van der Waals surface area contributed by atoms with Crippen molar-refractivity contribution in [1.82, 2.24) is 10.2 Å². The largest absolute Gasteiger partial charge is 0.390 e. The summed E-state index contributed by atoms with van der Waals surface area (Å²) in [5.74, 6) is -0.583. The summed E-state index contributed by atoms with van der Waals surface area (Å²) in [5.41, 5.74) is -0.611. The molecule has 3 N–H and O–H groups in total. The van der Waals surface area contributed by atoms with Gasteiger partial charge in [-0.25, -0.2) is 0 Å². The highest BCUT2D eigenvalue weighted by Crippen LogP contribution is 2.38. The molecule has 8 heteroatoms. The number of nitrogens with one attached hydrogen (secondary N) is 1. The summed E-state index contributed by atoms with van der Waals surface area (Å²) in [6, 6.07) is 1.62. The minimum Gasteiger partial charge on any atom is -0.390 e. The number of aliphatic hydroxyl groups is 2. The Morgan fingerprint density at radius 1 is 1.53 bits per heavy atom. The minimum atomic E-state index is -1.07. The fraction of sp³-hybridized carbons (Fsp3) is 0.556. The lowest BCUT2D eigenvalue weighted by Crippen LogP contribution is -2.24. The van der Waals surface area contributed by atoms with Gasteiger partial charge < -0.3 is 10.2 Å². The van der Waals surface area contributed by atoms with Crippen LogP contribution in [0.15, 0.2) is 0 Å². The lowest BCUT2D eigenvalue weighted by molar-refractivity contribution is -0.386. The molecule has 17 heavy (non-hydrogen) atoms. The Balaban J connectivity index is 2.43. The van der Waals surface area contributed by atoms with Crippen molar-refractivity contribution >= 4 is 5.69 Å². The van der Waals surface area contributed by atoms with Gasteiger partial charge in [-0.15, -0.1) is 0 Å². The molecule has 0 spiro atoms. The monoisotopic (exact) mass is 238 g/mol. The molecule has 1 aliphatic rings. The molecule has 1 heterocycles. The molecule has 1 fully saturated rings. The molecule has 0 bridgehead atoms. The van der Waals surface area contributed by atoms with Gasteiger partial charge >= 0.3 is 5.69 Å². The molecule has 0 aromatic carbocycles. The molecule has 1 aromatic heterocycles. The Hall–Kier alpha value is -1.98. The van der Waals surface area contributed by atoms with Crippen LogP contribution in [0.25, 0.3) is 0 Å². The van der Waals surface area contributed by atoms with Crippen molar-refractivity contribution in [2.75, 3.05) is 0 Å². The lowest BCUT2D eigenvalue weighted by atomic mass is 10.00. The van der Waals surface area contributed by atoms with Gasteiger partial charge in [-0.3, -0.25) is 15.2 Å². The Morgan fingerprint density at radius 3 is 2.71 bits per heavy atom. The molecule has 2 rings (SSSR count). The topological polar surface area (TPSA) is 136 Å². The fourth-order valence-electron chi connectivity index (χ4n) is 2.15. The Kier molecular flexibility index (Phi) is 2.79. The summed E-state index contributed by atoms with van der Waals surface area (Å²) in [6.45, 7) is 0. The van der Waals surface area contributed by atoms with E-state index in [-0.39, 0.29) is 11.4 Å². The van der Waals surface area contributed by atoms with Gasteiger partial charge in [0.05, 0.1) is 17.1 Å². The quantitative estimate of drug-likeness (QED) is 0.481. The third kappa shape index (κ3) is 1.75. The average molecular weight is 238 g/mol. The standard InChI is InChI=1S/C9H10N4O4/c10-3-5-8(13(16)17)7(12-11-5)4-1-2-6(14)9(4)15/h4,6,9,14-15H,1-2H2,(H,11,12)/t4-,6+,9-/m0/s1. The lowest BCUT2D eigenvalue weighted by Gasteiger charge is -2.13. The smallest absolute Gasteiger partial charge is 0.328 e. The van der Waals surface area contributed by atoms with Crippen molar-refractivity contribution in [3.05, 3.63) is 21.5 Å². The van der Waals surface area contributed by atoms with Crippen molar-refractivity contribution in [3.8, 4) is 6.07 Å². The van der Waals surface area contributed by atoms with Crippen molar-refractivity contribution in [2.45, 2.75) is 31.0 Å². The number of aliphatic hydroxyl groups excluding tert-OH is 2. The van der Waals surface area contributed by atoms with Crippen LogP contribution >= 0.6 is 0 Å². The van der Waals surface area contributed by atoms with Crippen molar-refractivity contribution in [2.24, 2.45) is 0 Å². The number of nitrogens with zero attached hydrogens (tertiary/aromatic N) is 3.